The monoisotopic (exact) mass is 301 g/mol. The van der Waals surface area contributed by atoms with E-state index < -0.39 is 39.1 Å². The molecule has 0 heterocycles. The fourth-order valence-corrected chi connectivity index (χ4v) is 2.41. The van der Waals surface area contributed by atoms with E-state index in [0.717, 1.165) is 18.2 Å². The Hall–Kier alpha value is -2.29. The van der Waals surface area contributed by atoms with Crippen LogP contribution >= 0.6 is 0 Å². The molecule has 0 aromatic heterocycles. The highest BCUT2D eigenvalue weighted by Gasteiger charge is 2.23. The zero-order valence-electron chi connectivity index (χ0n) is 10.4. The van der Waals surface area contributed by atoms with Crippen LogP contribution in [0.15, 0.2) is 23.1 Å². The first kappa shape index (κ1) is 15.8. The Morgan fingerprint density at radius 1 is 1.45 bits per heavy atom. The molecule has 0 aliphatic carbocycles. The minimum atomic E-state index is -1.98. The van der Waals surface area contributed by atoms with Crippen molar-refractivity contribution in [2.45, 2.75) is 11.8 Å². The van der Waals surface area contributed by atoms with Gasteiger partial charge in [-0.3, -0.25) is 19.1 Å². The van der Waals surface area contributed by atoms with Crippen molar-refractivity contribution in [2.24, 2.45) is 0 Å². The van der Waals surface area contributed by atoms with Crippen molar-refractivity contribution in [3.05, 3.63) is 33.9 Å². The maximum atomic E-state index is 11.9. The van der Waals surface area contributed by atoms with Gasteiger partial charge < -0.3 is 9.84 Å². The predicted molar refractivity (Wildman–Crippen MR) is 68.0 cm³/mol. The molecule has 1 aromatic rings. The molecule has 0 aliphatic heterocycles. The maximum Gasteiger partial charge on any atom is 0.335 e. The van der Waals surface area contributed by atoms with Crippen molar-refractivity contribution in [1.82, 2.24) is 0 Å². The second-order valence-corrected chi connectivity index (χ2v) is 4.96. The van der Waals surface area contributed by atoms with Gasteiger partial charge in [0.15, 0.2) is 0 Å². The van der Waals surface area contributed by atoms with Crippen molar-refractivity contribution < 1.29 is 28.6 Å². The molecule has 20 heavy (non-hydrogen) atoms. The number of aromatic carboxylic acids is 1. The molecule has 0 fully saturated rings. The van der Waals surface area contributed by atoms with E-state index in [-0.39, 0.29) is 17.1 Å². The number of carboxylic acid groups (broad SMARTS) is 1. The van der Waals surface area contributed by atoms with E-state index >= 15 is 0 Å². The average Bonchev–Trinajstić information content (AvgIpc) is 2.37. The Labute approximate surface area is 116 Å². The van der Waals surface area contributed by atoms with Gasteiger partial charge in [0.2, 0.25) is 0 Å². The standard InChI is InChI=1S/C11H11NO7S/c1-2-19-10(13)6-20(18)9-4-3-7(11(14)15)5-8(9)12(16)17/h3-5H,2,6H2,1H3,(H,14,15). The second kappa shape index (κ2) is 6.75. The zero-order chi connectivity index (χ0) is 15.3. The van der Waals surface area contributed by atoms with Gasteiger partial charge >= 0.3 is 11.9 Å². The summed E-state index contributed by atoms with van der Waals surface area (Å²) in [7, 11) is -1.98. The number of nitrogens with zero attached hydrogens (tertiary/aromatic N) is 1. The SMILES string of the molecule is CCOC(=O)CS(=O)c1ccc(C(=O)O)cc1[N+](=O)[O-]. The van der Waals surface area contributed by atoms with E-state index in [9.17, 15) is 23.9 Å². The maximum absolute atomic E-state index is 11.9. The van der Waals surface area contributed by atoms with Crippen LogP contribution in [-0.4, -0.2) is 38.5 Å². The van der Waals surface area contributed by atoms with Crippen molar-refractivity contribution in [3.63, 3.8) is 0 Å². The molecular weight excluding hydrogens is 290 g/mol. The molecule has 108 valence electrons. The molecule has 1 rings (SSSR count). The van der Waals surface area contributed by atoms with Crippen LogP contribution in [0, 0.1) is 10.1 Å². The van der Waals surface area contributed by atoms with Crippen LogP contribution < -0.4 is 0 Å². The van der Waals surface area contributed by atoms with Gasteiger partial charge in [-0.25, -0.2) is 4.79 Å². The van der Waals surface area contributed by atoms with Gasteiger partial charge in [-0.15, -0.1) is 0 Å². The third-order valence-corrected chi connectivity index (χ3v) is 3.54. The largest absolute Gasteiger partial charge is 0.478 e. The number of hydrogen-bond donors (Lipinski definition) is 1. The van der Waals surface area contributed by atoms with Crippen molar-refractivity contribution in [3.8, 4) is 0 Å². The van der Waals surface area contributed by atoms with E-state index in [2.05, 4.69) is 4.74 Å². The molecule has 0 amide bonds. The summed E-state index contributed by atoms with van der Waals surface area (Å²) in [5.41, 5.74) is -0.902. The fourth-order valence-electron chi connectivity index (χ4n) is 1.37. The Bertz CT molecular complexity index is 584. The molecule has 8 nitrogen and oxygen atoms in total. The number of carboxylic acids is 1. The van der Waals surface area contributed by atoms with Crippen LogP contribution in [0.25, 0.3) is 0 Å². The minimum Gasteiger partial charge on any atom is -0.478 e. The lowest BCUT2D eigenvalue weighted by Crippen LogP contribution is -2.15. The summed E-state index contributed by atoms with van der Waals surface area (Å²) < 4.78 is 16.5. The first-order chi connectivity index (χ1) is 9.36. The van der Waals surface area contributed by atoms with Gasteiger partial charge in [-0.05, 0) is 19.1 Å². The van der Waals surface area contributed by atoms with Crippen LogP contribution in [0.2, 0.25) is 0 Å². The van der Waals surface area contributed by atoms with Crippen molar-refractivity contribution in [2.75, 3.05) is 12.4 Å². The molecule has 0 aliphatic rings. The average molecular weight is 301 g/mol. The molecular formula is C11H11NO7S. The van der Waals surface area contributed by atoms with E-state index in [0.29, 0.717) is 0 Å². The summed E-state index contributed by atoms with van der Waals surface area (Å²) in [4.78, 5) is 31.8. The minimum absolute atomic E-state index is 0.107. The zero-order valence-corrected chi connectivity index (χ0v) is 11.2. The normalized spacial score (nSPS) is 11.7. The van der Waals surface area contributed by atoms with E-state index in [1.807, 2.05) is 0 Å². The van der Waals surface area contributed by atoms with E-state index in [4.69, 9.17) is 5.11 Å². The molecule has 0 spiro atoms. The highest BCUT2D eigenvalue weighted by molar-refractivity contribution is 7.85. The molecule has 1 N–H and O–H groups in total. The number of ether oxygens (including phenoxy) is 1. The molecule has 0 bridgehead atoms. The molecule has 9 heteroatoms. The lowest BCUT2D eigenvalue weighted by Gasteiger charge is -2.04. The fraction of sp³-hybridized carbons (Fsp3) is 0.273. The van der Waals surface area contributed by atoms with Crippen LogP contribution in [0.4, 0.5) is 5.69 Å². The molecule has 1 aromatic carbocycles. The van der Waals surface area contributed by atoms with Gasteiger partial charge in [-0.1, -0.05) is 0 Å². The summed E-state index contributed by atoms with van der Waals surface area (Å²) in [5.74, 6) is -2.61. The Kier molecular flexibility index (Phi) is 5.32. The molecule has 0 saturated carbocycles. The third-order valence-electron chi connectivity index (χ3n) is 2.20. The highest BCUT2D eigenvalue weighted by Crippen LogP contribution is 2.24. The van der Waals surface area contributed by atoms with Crippen molar-refractivity contribution in [1.29, 1.82) is 0 Å². The summed E-state index contributed by atoms with van der Waals surface area (Å²) >= 11 is 0. The number of carbonyl (C=O) groups excluding carboxylic acids is 1. The molecule has 1 atom stereocenters. The smallest absolute Gasteiger partial charge is 0.335 e. The lowest BCUT2D eigenvalue weighted by atomic mass is 10.2. The first-order valence-electron chi connectivity index (χ1n) is 5.42. The molecule has 1 unspecified atom stereocenters. The Morgan fingerprint density at radius 3 is 2.60 bits per heavy atom. The summed E-state index contributed by atoms with van der Waals surface area (Å²) in [5, 5.41) is 19.6. The Morgan fingerprint density at radius 2 is 2.10 bits per heavy atom. The molecule has 0 radical (unpaired) electrons. The first-order valence-corrected chi connectivity index (χ1v) is 6.74. The number of carbonyl (C=O) groups is 2. The quantitative estimate of drug-likeness (QED) is 0.471. The predicted octanol–water partition coefficient (Wildman–Crippen LogP) is 0.964. The second-order valence-electron chi connectivity index (χ2n) is 3.54. The van der Waals surface area contributed by atoms with Gasteiger partial charge in [-0.2, -0.15) is 0 Å². The number of esters is 1. The van der Waals surface area contributed by atoms with Gasteiger partial charge in [0.05, 0.1) is 27.9 Å². The van der Waals surface area contributed by atoms with E-state index in [1.54, 1.807) is 6.92 Å². The van der Waals surface area contributed by atoms with E-state index in [1.165, 1.54) is 0 Å². The van der Waals surface area contributed by atoms with Crippen LogP contribution in [0.5, 0.6) is 0 Å². The number of benzene rings is 1. The van der Waals surface area contributed by atoms with Crippen LogP contribution in [-0.2, 0) is 20.3 Å². The number of nitro benzene ring substituents is 1. The topological polar surface area (TPSA) is 124 Å². The third kappa shape index (κ3) is 3.85. The highest BCUT2D eigenvalue weighted by atomic mass is 32.2. The summed E-state index contributed by atoms with van der Waals surface area (Å²) in [6.07, 6.45) is 0. The van der Waals surface area contributed by atoms with Gasteiger partial charge in [0, 0.05) is 6.07 Å². The van der Waals surface area contributed by atoms with Crippen LogP contribution in [0.1, 0.15) is 17.3 Å². The Balaban J connectivity index is 3.11. The summed E-state index contributed by atoms with van der Waals surface area (Å²) in [6, 6.07) is 2.96. The van der Waals surface area contributed by atoms with Crippen LogP contribution in [0.3, 0.4) is 0 Å². The van der Waals surface area contributed by atoms with Gasteiger partial charge in [0.25, 0.3) is 5.69 Å². The number of rotatable bonds is 6. The number of hydrogen-bond acceptors (Lipinski definition) is 6. The lowest BCUT2D eigenvalue weighted by molar-refractivity contribution is -0.387. The number of nitro groups is 1. The summed E-state index contributed by atoms with van der Waals surface area (Å²) in [6.45, 7) is 1.68. The van der Waals surface area contributed by atoms with Gasteiger partial charge in [0.1, 0.15) is 10.6 Å². The van der Waals surface area contributed by atoms with Crippen molar-refractivity contribution >= 4 is 28.4 Å². The molecule has 0 saturated heterocycles.